The molecular formula is C46H29NO2S. The lowest BCUT2D eigenvalue weighted by Crippen LogP contribution is -2.35. The number of hydrogen-bond donors (Lipinski definition) is 0. The number of nitrogens with zero attached hydrogens (tertiary/aromatic N) is 1. The molecule has 7 aromatic rings. The lowest BCUT2D eigenvalue weighted by molar-refractivity contribution is 0.0990. The van der Waals surface area contributed by atoms with E-state index in [-0.39, 0.29) is 17.1 Å². The lowest BCUT2D eigenvalue weighted by atomic mass is 9.65. The monoisotopic (exact) mass is 659 g/mol. The van der Waals surface area contributed by atoms with Crippen molar-refractivity contribution in [1.29, 1.82) is 0 Å². The molecule has 0 N–H and O–H groups in total. The van der Waals surface area contributed by atoms with Crippen molar-refractivity contribution in [2.45, 2.75) is 12.3 Å². The molecule has 0 fully saturated rings. The average molecular weight is 660 g/mol. The number of fused-ring (bicyclic) bond motifs is 10. The van der Waals surface area contributed by atoms with Gasteiger partial charge in [-0.25, -0.2) is 0 Å². The molecule has 4 heteroatoms. The molecule has 50 heavy (non-hydrogen) atoms. The number of Topliss-reactive ketones (excluding diaryl/α,β-unsaturated/α-hetero) is 2. The van der Waals surface area contributed by atoms with Crippen LogP contribution < -0.4 is 4.90 Å². The number of benzene rings is 6. The maximum absolute atomic E-state index is 13.6. The standard InChI is InChI=1S/C46H29NO2S/c1-28-13-5-12-22-40(28)47-41-24-23-29(25-35-43(48)33-18-6-7-19-34(33)44(35)49)26-38(41)46(39-27-42(50-45(39)47)30-14-3-2-4-15-30)36-20-10-8-16-31(36)32-17-9-11-21-37(32)46/h2-27H,1H3. The van der Waals surface area contributed by atoms with E-state index in [4.69, 9.17) is 0 Å². The van der Waals surface area contributed by atoms with Crippen molar-refractivity contribution in [3.8, 4) is 21.6 Å². The number of hydrogen-bond acceptors (Lipinski definition) is 4. The van der Waals surface area contributed by atoms with Crippen LogP contribution in [0.1, 0.15) is 54.1 Å². The molecule has 0 radical (unpaired) electrons. The minimum atomic E-state index is -0.637. The highest BCUT2D eigenvalue weighted by Crippen LogP contribution is 2.65. The molecule has 1 aromatic heterocycles. The second kappa shape index (κ2) is 10.7. The van der Waals surface area contributed by atoms with Gasteiger partial charge in [-0.1, -0.05) is 127 Å². The van der Waals surface area contributed by atoms with Gasteiger partial charge in [-0.2, -0.15) is 0 Å². The third-order valence-electron chi connectivity index (χ3n) is 10.6. The number of ketones is 2. The smallest absolute Gasteiger partial charge is 0.197 e. The first-order valence-electron chi connectivity index (χ1n) is 16.9. The Morgan fingerprint density at radius 2 is 1.12 bits per heavy atom. The van der Waals surface area contributed by atoms with Gasteiger partial charge in [0.15, 0.2) is 11.6 Å². The number of anilines is 3. The molecule has 0 unspecified atom stereocenters. The predicted octanol–water partition coefficient (Wildman–Crippen LogP) is 11.3. The summed E-state index contributed by atoms with van der Waals surface area (Å²) in [5, 5.41) is 1.18. The quantitative estimate of drug-likeness (QED) is 0.140. The first-order valence-corrected chi connectivity index (χ1v) is 17.7. The zero-order chi connectivity index (χ0) is 33.6. The second-order valence-corrected chi connectivity index (χ2v) is 14.2. The molecule has 3 aliphatic rings. The van der Waals surface area contributed by atoms with Crippen molar-refractivity contribution in [2.75, 3.05) is 4.90 Å². The van der Waals surface area contributed by atoms with E-state index < -0.39 is 5.41 Å². The van der Waals surface area contributed by atoms with E-state index in [9.17, 15) is 9.59 Å². The molecular weight excluding hydrogens is 631 g/mol. The second-order valence-electron chi connectivity index (χ2n) is 13.2. The van der Waals surface area contributed by atoms with Crippen molar-refractivity contribution in [3.05, 3.63) is 202 Å². The summed E-state index contributed by atoms with van der Waals surface area (Å²) in [5.41, 5.74) is 13.1. The zero-order valence-corrected chi connectivity index (χ0v) is 28.0. The van der Waals surface area contributed by atoms with Crippen molar-refractivity contribution in [3.63, 3.8) is 0 Å². The van der Waals surface area contributed by atoms with E-state index in [2.05, 4.69) is 139 Å². The lowest BCUT2D eigenvalue weighted by Gasteiger charge is -2.43. The molecule has 1 spiro atoms. The van der Waals surface area contributed by atoms with E-state index in [0.717, 1.165) is 22.5 Å². The molecule has 0 saturated heterocycles. The average Bonchev–Trinajstić information content (AvgIpc) is 3.80. The van der Waals surface area contributed by atoms with Gasteiger partial charge in [-0.3, -0.25) is 9.59 Å². The summed E-state index contributed by atoms with van der Waals surface area (Å²) in [5.74, 6) is -0.437. The van der Waals surface area contributed by atoms with Gasteiger partial charge in [0.25, 0.3) is 0 Å². The maximum Gasteiger partial charge on any atom is 0.197 e. The minimum Gasteiger partial charge on any atom is -0.301 e. The molecule has 6 aromatic carbocycles. The fourth-order valence-electron chi connectivity index (χ4n) is 8.39. The largest absolute Gasteiger partial charge is 0.301 e. The van der Waals surface area contributed by atoms with Crippen LogP contribution in [0.3, 0.4) is 0 Å². The van der Waals surface area contributed by atoms with Crippen LogP contribution in [0.25, 0.3) is 27.6 Å². The summed E-state index contributed by atoms with van der Waals surface area (Å²) in [6.07, 6.45) is 1.79. The highest BCUT2D eigenvalue weighted by molar-refractivity contribution is 7.19. The Morgan fingerprint density at radius 3 is 1.78 bits per heavy atom. The van der Waals surface area contributed by atoms with Gasteiger partial charge in [-0.15, -0.1) is 11.3 Å². The van der Waals surface area contributed by atoms with Crippen LogP contribution in [0.4, 0.5) is 16.4 Å². The molecule has 0 amide bonds. The minimum absolute atomic E-state index is 0.210. The molecule has 2 heterocycles. The first kappa shape index (κ1) is 28.9. The number of carbonyl (C=O) groups is 2. The Balaban J connectivity index is 1.31. The number of allylic oxidation sites excluding steroid dienone is 1. The van der Waals surface area contributed by atoms with Gasteiger partial charge in [0.05, 0.1) is 16.7 Å². The van der Waals surface area contributed by atoms with Gasteiger partial charge in [0.2, 0.25) is 0 Å². The summed E-state index contributed by atoms with van der Waals surface area (Å²) in [6.45, 7) is 2.17. The van der Waals surface area contributed by atoms with Gasteiger partial charge >= 0.3 is 0 Å². The first-order chi connectivity index (χ1) is 24.6. The normalized spacial score (nSPS) is 14.7. The number of thiophene rings is 1. The Kier molecular flexibility index (Phi) is 6.18. The summed E-state index contributed by atoms with van der Waals surface area (Å²) < 4.78 is 0. The van der Waals surface area contributed by atoms with E-state index in [1.807, 2.05) is 23.5 Å². The maximum atomic E-state index is 13.6. The molecule has 0 bridgehead atoms. The Hall–Kier alpha value is -6.10. The number of rotatable bonds is 3. The highest BCUT2D eigenvalue weighted by Gasteiger charge is 2.53. The topological polar surface area (TPSA) is 37.4 Å². The van der Waals surface area contributed by atoms with Gasteiger partial charge in [-0.05, 0) is 81.8 Å². The van der Waals surface area contributed by atoms with Crippen LogP contribution in [-0.4, -0.2) is 11.6 Å². The molecule has 0 atom stereocenters. The number of aryl methyl sites for hydroxylation is 1. The van der Waals surface area contributed by atoms with Gasteiger partial charge in [0.1, 0.15) is 5.00 Å². The SMILES string of the molecule is Cc1ccccc1N1c2ccc(C=C3C(=O)c4ccccc4C3=O)cc2C2(c3ccccc3-c3ccccc32)c2cc(-c3ccccc3)sc21. The summed E-state index contributed by atoms with van der Waals surface area (Å²) in [6, 6.07) is 52.7. The van der Waals surface area contributed by atoms with E-state index in [1.54, 1.807) is 18.2 Å². The van der Waals surface area contributed by atoms with E-state index in [0.29, 0.717) is 11.1 Å². The fraction of sp³-hybridized carbons (Fsp3) is 0.0435. The fourth-order valence-corrected chi connectivity index (χ4v) is 9.64. The molecule has 1 aliphatic heterocycles. The number of para-hydroxylation sites is 1. The van der Waals surface area contributed by atoms with Crippen molar-refractivity contribution < 1.29 is 9.59 Å². The van der Waals surface area contributed by atoms with E-state index >= 15 is 0 Å². The third kappa shape index (κ3) is 3.85. The molecule has 0 saturated carbocycles. The Morgan fingerprint density at radius 1 is 0.540 bits per heavy atom. The predicted molar refractivity (Wildman–Crippen MR) is 203 cm³/mol. The van der Waals surface area contributed by atoms with Crippen molar-refractivity contribution >= 4 is 45.4 Å². The van der Waals surface area contributed by atoms with Crippen molar-refractivity contribution in [2.24, 2.45) is 0 Å². The summed E-state index contributed by atoms with van der Waals surface area (Å²) >= 11 is 1.82. The van der Waals surface area contributed by atoms with Crippen LogP contribution >= 0.6 is 11.3 Å². The van der Waals surface area contributed by atoms with Gasteiger partial charge < -0.3 is 4.90 Å². The molecule has 3 nitrogen and oxygen atoms in total. The zero-order valence-electron chi connectivity index (χ0n) is 27.2. The molecule has 2 aliphatic carbocycles. The Labute approximate surface area is 294 Å². The van der Waals surface area contributed by atoms with Crippen LogP contribution in [0.15, 0.2) is 157 Å². The van der Waals surface area contributed by atoms with Crippen LogP contribution in [0.2, 0.25) is 0 Å². The van der Waals surface area contributed by atoms with Crippen LogP contribution in [0.5, 0.6) is 0 Å². The molecule has 10 rings (SSSR count). The van der Waals surface area contributed by atoms with Gasteiger partial charge in [0, 0.05) is 27.3 Å². The van der Waals surface area contributed by atoms with Crippen LogP contribution in [-0.2, 0) is 5.41 Å². The van der Waals surface area contributed by atoms with Crippen molar-refractivity contribution in [1.82, 2.24) is 0 Å². The number of carbonyl (C=O) groups excluding carboxylic acids is 2. The summed E-state index contributed by atoms with van der Waals surface area (Å²) in [7, 11) is 0. The molecule has 236 valence electrons. The third-order valence-corrected chi connectivity index (χ3v) is 11.7. The van der Waals surface area contributed by atoms with Crippen LogP contribution in [0, 0.1) is 6.92 Å². The summed E-state index contributed by atoms with van der Waals surface area (Å²) in [4.78, 5) is 30.7. The Bertz CT molecular complexity index is 2530. The highest BCUT2D eigenvalue weighted by atomic mass is 32.1. The van der Waals surface area contributed by atoms with E-state index in [1.165, 1.54) is 48.8 Å².